The molecule has 0 amide bonds. The van der Waals surface area contributed by atoms with E-state index in [1.54, 1.807) is 27.7 Å². The fourth-order valence-electron chi connectivity index (χ4n) is 1.52. The van der Waals surface area contributed by atoms with Gasteiger partial charge in [0, 0.05) is 18.5 Å². The second-order valence-electron chi connectivity index (χ2n) is 5.51. The van der Waals surface area contributed by atoms with Gasteiger partial charge in [-0.1, -0.05) is 0 Å². The molecule has 1 aliphatic heterocycles. The number of nitrogens with zero attached hydrogens (tertiary/aromatic N) is 2. The maximum Gasteiger partial charge on any atom is 0.516 e. The molecule has 1 aliphatic rings. The van der Waals surface area contributed by atoms with Crippen molar-refractivity contribution in [3.05, 3.63) is 12.3 Å². The van der Waals surface area contributed by atoms with Gasteiger partial charge in [-0.3, -0.25) is 4.98 Å². The second kappa shape index (κ2) is 4.70. The largest absolute Gasteiger partial charge is 0.516 e. The van der Waals surface area contributed by atoms with Crippen LogP contribution >= 0.6 is 0 Å². The maximum absolute atomic E-state index is 8.09. The second-order valence-corrected chi connectivity index (χ2v) is 5.51. The molecule has 0 aliphatic carbocycles. The van der Waals surface area contributed by atoms with Crippen molar-refractivity contribution in [2.75, 3.05) is 0 Å². The Morgan fingerprint density at radius 3 is 2.30 bits per heavy atom. The summed E-state index contributed by atoms with van der Waals surface area (Å²) in [5.74, 6) is -1.02. The molecule has 0 atom stereocenters. The van der Waals surface area contributed by atoms with Crippen LogP contribution < -0.4 is 10.3 Å². The molecule has 20 heavy (non-hydrogen) atoms. The highest BCUT2D eigenvalue weighted by Crippen LogP contribution is 2.36. The minimum Gasteiger partial charge on any atom is -0.471 e. The van der Waals surface area contributed by atoms with Crippen LogP contribution in [0.15, 0.2) is 12.3 Å². The van der Waals surface area contributed by atoms with E-state index in [1.807, 2.05) is 0 Å². The third kappa shape index (κ3) is 3.12. The van der Waals surface area contributed by atoms with Crippen LogP contribution in [0.5, 0.6) is 5.88 Å². The zero-order chi connectivity index (χ0) is 24.4. The number of hydrogen-bond donors (Lipinski definition) is 0. The SMILES string of the molecule is [2H]c1nc(B2OC(C)(C)C(C)(C)O2)c([2H])nc1OC(C([2H])([2H])[2H])(C([2H])([2H])[2H])C([2H])([2H])[2H]. The molecule has 0 radical (unpaired) electrons. The van der Waals surface area contributed by atoms with E-state index < -0.39 is 62.7 Å². The van der Waals surface area contributed by atoms with Crippen molar-refractivity contribution < 1.29 is 29.1 Å². The van der Waals surface area contributed by atoms with Gasteiger partial charge in [-0.2, -0.15) is 0 Å². The molecule has 2 rings (SSSR count). The van der Waals surface area contributed by atoms with Gasteiger partial charge in [0.25, 0.3) is 0 Å². The molecule has 110 valence electrons. The fourth-order valence-corrected chi connectivity index (χ4v) is 1.52. The first-order valence-corrected chi connectivity index (χ1v) is 5.97. The summed E-state index contributed by atoms with van der Waals surface area (Å²) >= 11 is 0. The number of ether oxygens (including phenoxy) is 1. The Kier molecular flexibility index (Phi) is 1.49. The van der Waals surface area contributed by atoms with Crippen molar-refractivity contribution in [1.29, 1.82) is 0 Å². The van der Waals surface area contributed by atoms with Crippen LogP contribution in [-0.2, 0) is 9.31 Å². The predicted molar refractivity (Wildman–Crippen MR) is 78.1 cm³/mol. The molecule has 1 aromatic rings. The molecule has 0 saturated carbocycles. The van der Waals surface area contributed by atoms with E-state index in [-0.39, 0.29) is 5.59 Å². The fraction of sp³-hybridized carbons (Fsp3) is 0.714. The minimum absolute atomic E-state index is 0.224. The predicted octanol–water partition coefficient (Wildman–Crippen LogP) is 1.95. The lowest BCUT2D eigenvalue weighted by molar-refractivity contribution is 0.00578. The van der Waals surface area contributed by atoms with Crippen LogP contribution in [0.3, 0.4) is 0 Å². The normalized spacial score (nSPS) is 31.0. The quantitative estimate of drug-likeness (QED) is 0.779. The van der Waals surface area contributed by atoms with E-state index >= 15 is 0 Å². The van der Waals surface area contributed by atoms with Crippen molar-refractivity contribution >= 4 is 12.7 Å². The first-order valence-electron chi connectivity index (χ1n) is 11.5. The van der Waals surface area contributed by atoms with Crippen LogP contribution in [0, 0.1) is 0 Å². The summed E-state index contributed by atoms with van der Waals surface area (Å²) in [4.78, 5) is 7.43. The number of rotatable bonds is 2. The third-order valence-electron chi connectivity index (χ3n) is 3.27. The van der Waals surface area contributed by atoms with Crippen molar-refractivity contribution in [2.24, 2.45) is 0 Å². The molecular formula is C14H23BN2O3. The maximum atomic E-state index is 8.09. The molecule has 2 heterocycles. The Bertz CT molecular complexity index is 800. The van der Waals surface area contributed by atoms with Gasteiger partial charge < -0.3 is 14.0 Å². The number of aromatic nitrogens is 2. The lowest BCUT2D eigenvalue weighted by Crippen LogP contribution is -2.41. The van der Waals surface area contributed by atoms with Crippen molar-refractivity contribution in [1.82, 2.24) is 9.97 Å². The summed E-state index contributed by atoms with van der Waals surface area (Å²) in [6.45, 7) is -3.99. The van der Waals surface area contributed by atoms with Gasteiger partial charge >= 0.3 is 7.12 Å². The van der Waals surface area contributed by atoms with Gasteiger partial charge in [0.15, 0.2) is 0 Å². The minimum atomic E-state index is -3.70. The molecule has 0 N–H and O–H groups in total. The Balaban J connectivity index is 2.57. The summed E-state index contributed by atoms with van der Waals surface area (Å²) in [6.07, 6.45) is -1.53. The Morgan fingerprint density at radius 2 is 1.75 bits per heavy atom. The zero-order valence-electron chi connectivity index (χ0n) is 22.7. The van der Waals surface area contributed by atoms with Gasteiger partial charge in [-0.05, 0) is 48.3 Å². The average molecular weight is 289 g/mol. The standard InChI is InChI=1S/C14H23BN2O3/c1-12(2,3)18-11-9-16-10(8-17-11)15-19-13(4,5)14(6,7)20-15/h8-9H,1-7H3/i1D3,2D3,3D3,8D,9D. The molecular weight excluding hydrogens is 255 g/mol. The average Bonchev–Trinajstić information content (AvgIpc) is 2.71. The molecule has 1 saturated heterocycles. The van der Waals surface area contributed by atoms with Gasteiger partial charge in [-0.15, -0.1) is 0 Å². The van der Waals surface area contributed by atoms with Gasteiger partial charge in [0.2, 0.25) is 5.88 Å². The summed E-state index contributed by atoms with van der Waals surface area (Å²) in [5.41, 5.74) is -5.50. The molecule has 6 heteroatoms. The molecule has 5 nitrogen and oxygen atoms in total. The van der Waals surface area contributed by atoms with E-state index in [9.17, 15) is 0 Å². The van der Waals surface area contributed by atoms with E-state index in [0.717, 1.165) is 0 Å². The highest BCUT2D eigenvalue weighted by Gasteiger charge is 2.52. The van der Waals surface area contributed by atoms with Gasteiger partial charge in [-0.25, -0.2) is 4.98 Å². The van der Waals surface area contributed by atoms with Crippen LogP contribution in [0.25, 0.3) is 0 Å². The molecule has 1 fully saturated rings. The molecule has 0 aromatic carbocycles. The Labute approximate surface area is 136 Å². The Hall–Kier alpha value is -1.14. The summed E-state index contributed by atoms with van der Waals surface area (Å²) in [6, 6.07) is 0. The topological polar surface area (TPSA) is 53.5 Å². The highest BCUT2D eigenvalue weighted by molar-refractivity contribution is 6.61. The lowest BCUT2D eigenvalue weighted by atomic mass is 9.85. The summed E-state index contributed by atoms with van der Waals surface area (Å²) < 4.78 is 101. The molecule has 0 spiro atoms. The number of hydrogen-bond acceptors (Lipinski definition) is 5. The van der Waals surface area contributed by atoms with Gasteiger partial charge in [0.1, 0.15) is 5.60 Å². The molecule has 1 aromatic heterocycles. The van der Waals surface area contributed by atoms with E-state index in [0.29, 0.717) is 0 Å². The molecule has 0 unspecified atom stereocenters. The zero-order valence-corrected chi connectivity index (χ0v) is 11.7. The smallest absolute Gasteiger partial charge is 0.471 e. The van der Waals surface area contributed by atoms with Crippen LogP contribution in [0.1, 0.15) is 63.3 Å². The van der Waals surface area contributed by atoms with Crippen molar-refractivity contribution in [2.45, 2.75) is 65.1 Å². The van der Waals surface area contributed by atoms with Crippen LogP contribution in [0.2, 0.25) is 0 Å². The molecule has 0 bridgehead atoms. The van der Waals surface area contributed by atoms with E-state index in [4.69, 9.17) is 29.1 Å². The van der Waals surface area contributed by atoms with E-state index in [2.05, 4.69) is 9.97 Å². The van der Waals surface area contributed by atoms with Crippen LogP contribution in [0.4, 0.5) is 0 Å². The van der Waals surface area contributed by atoms with Crippen molar-refractivity contribution in [3.8, 4) is 5.88 Å². The monoisotopic (exact) mass is 289 g/mol. The van der Waals surface area contributed by atoms with Gasteiger partial charge in [0.05, 0.1) is 25.7 Å². The van der Waals surface area contributed by atoms with Crippen molar-refractivity contribution in [3.63, 3.8) is 0 Å². The van der Waals surface area contributed by atoms with E-state index in [1.165, 1.54) is 0 Å². The summed E-state index contributed by atoms with van der Waals surface area (Å²) in [5, 5.41) is 0. The highest BCUT2D eigenvalue weighted by atomic mass is 16.7. The first kappa shape index (κ1) is 6.32. The first-order chi connectivity index (χ1) is 13.6. The summed E-state index contributed by atoms with van der Waals surface area (Å²) in [7, 11) is -1.18. The third-order valence-corrected chi connectivity index (χ3v) is 3.27. The Morgan fingerprint density at radius 1 is 1.15 bits per heavy atom. The van der Waals surface area contributed by atoms with Crippen LogP contribution in [-0.4, -0.2) is 33.9 Å². The lowest BCUT2D eigenvalue weighted by Gasteiger charge is -2.32.